The minimum Gasteiger partial charge on any atom is -0.363 e. The van der Waals surface area contributed by atoms with Crippen LogP contribution in [0.25, 0.3) is 0 Å². The fourth-order valence-electron chi connectivity index (χ4n) is 1.87. The van der Waals surface area contributed by atoms with Crippen molar-refractivity contribution in [2.75, 3.05) is 19.0 Å². The first-order valence-electron chi connectivity index (χ1n) is 7.00. The molecule has 1 aromatic heterocycles. The molecule has 0 spiro atoms. The van der Waals surface area contributed by atoms with Crippen molar-refractivity contribution >= 4 is 15.8 Å². The topological polar surface area (TPSA) is 75.2 Å². The molecule has 0 saturated carbocycles. The molecule has 0 atom stereocenters. The van der Waals surface area contributed by atoms with E-state index in [2.05, 4.69) is 14.7 Å². The Bertz CT molecular complexity index is 727. The number of nitrogens with zero attached hydrogens (tertiary/aromatic N) is 3. The highest BCUT2D eigenvalue weighted by Gasteiger charge is 2.14. The van der Waals surface area contributed by atoms with Gasteiger partial charge in [0.25, 0.3) is 0 Å². The van der Waals surface area contributed by atoms with Gasteiger partial charge in [0.05, 0.1) is 11.4 Å². The number of nitrogens with one attached hydrogen (secondary N) is 1. The van der Waals surface area contributed by atoms with Gasteiger partial charge in [-0.3, -0.25) is 0 Å². The summed E-state index contributed by atoms with van der Waals surface area (Å²) in [5, 5.41) is 0. The molecule has 2 aromatic rings. The van der Waals surface area contributed by atoms with Crippen molar-refractivity contribution in [1.82, 2.24) is 14.7 Å². The van der Waals surface area contributed by atoms with E-state index in [1.165, 1.54) is 0 Å². The Hall–Kier alpha value is -1.99. The van der Waals surface area contributed by atoms with Crippen LogP contribution in [0, 0.1) is 0 Å². The molecule has 7 heteroatoms. The third-order valence-electron chi connectivity index (χ3n) is 3.21. The van der Waals surface area contributed by atoms with E-state index in [9.17, 15) is 8.42 Å². The molecular formula is C15H20N4O2S. The zero-order chi connectivity index (χ0) is 16.2. The van der Waals surface area contributed by atoms with Gasteiger partial charge < -0.3 is 4.90 Å². The van der Waals surface area contributed by atoms with Crippen molar-refractivity contribution < 1.29 is 8.42 Å². The molecule has 0 aliphatic rings. The summed E-state index contributed by atoms with van der Waals surface area (Å²) in [5.74, 6) is 1.16. The number of aromatic nitrogens is 2. The average Bonchev–Trinajstić information content (AvgIpc) is 2.53. The number of sulfonamides is 1. The predicted molar refractivity (Wildman–Crippen MR) is 86.2 cm³/mol. The second kappa shape index (κ2) is 6.85. The first kappa shape index (κ1) is 16.4. The van der Waals surface area contributed by atoms with Gasteiger partial charge in [-0.25, -0.2) is 23.1 Å². The lowest BCUT2D eigenvalue weighted by atomic mass is 10.2. The molecular weight excluding hydrogens is 300 g/mol. The van der Waals surface area contributed by atoms with Crippen LogP contribution in [0.5, 0.6) is 0 Å². The third kappa shape index (κ3) is 4.02. The molecule has 0 aliphatic heterocycles. The first-order valence-corrected chi connectivity index (χ1v) is 8.48. The molecule has 0 amide bonds. The molecule has 0 fully saturated rings. The van der Waals surface area contributed by atoms with E-state index in [0.717, 1.165) is 17.8 Å². The van der Waals surface area contributed by atoms with Gasteiger partial charge in [0.1, 0.15) is 11.6 Å². The summed E-state index contributed by atoms with van der Waals surface area (Å²) in [5.41, 5.74) is 1.10. The number of hydrogen-bond donors (Lipinski definition) is 1. The number of hydrogen-bond acceptors (Lipinski definition) is 5. The maximum absolute atomic E-state index is 12.2. The van der Waals surface area contributed by atoms with Crippen LogP contribution in [0.1, 0.15) is 18.3 Å². The third-order valence-corrected chi connectivity index (χ3v) is 4.63. The highest BCUT2D eigenvalue weighted by atomic mass is 32.2. The van der Waals surface area contributed by atoms with Crippen molar-refractivity contribution in [2.24, 2.45) is 0 Å². The van der Waals surface area contributed by atoms with Gasteiger partial charge in [-0.2, -0.15) is 0 Å². The maximum Gasteiger partial charge on any atom is 0.240 e. The normalized spacial score (nSPS) is 11.4. The summed E-state index contributed by atoms with van der Waals surface area (Å²) in [4.78, 5) is 10.4. The van der Waals surface area contributed by atoms with E-state index in [-0.39, 0.29) is 11.4 Å². The summed E-state index contributed by atoms with van der Waals surface area (Å²) >= 11 is 0. The molecule has 0 radical (unpaired) electrons. The van der Waals surface area contributed by atoms with Crippen LogP contribution in [0.3, 0.4) is 0 Å². The molecule has 118 valence electrons. The smallest absolute Gasteiger partial charge is 0.240 e. The molecule has 22 heavy (non-hydrogen) atoms. The number of benzene rings is 1. The molecule has 1 heterocycles. The molecule has 2 rings (SSSR count). The van der Waals surface area contributed by atoms with E-state index < -0.39 is 10.0 Å². The molecule has 0 bridgehead atoms. The predicted octanol–water partition coefficient (Wildman–Crippen LogP) is 1.58. The van der Waals surface area contributed by atoms with Crippen LogP contribution in [-0.4, -0.2) is 32.5 Å². The van der Waals surface area contributed by atoms with Crippen LogP contribution >= 0.6 is 0 Å². The highest BCUT2D eigenvalue weighted by Crippen LogP contribution is 2.12. The van der Waals surface area contributed by atoms with Gasteiger partial charge in [0.15, 0.2) is 0 Å². The van der Waals surface area contributed by atoms with E-state index in [1.807, 2.05) is 38.1 Å². The Kier molecular flexibility index (Phi) is 5.10. The monoisotopic (exact) mass is 320 g/mol. The van der Waals surface area contributed by atoms with Crippen molar-refractivity contribution in [3.8, 4) is 0 Å². The Morgan fingerprint density at radius 1 is 1.14 bits per heavy atom. The van der Waals surface area contributed by atoms with E-state index in [1.54, 1.807) is 24.4 Å². The van der Waals surface area contributed by atoms with Crippen LogP contribution in [0.2, 0.25) is 0 Å². The molecule has 1 aromatic carbocycles. The molecule has 1 N–H and O–H groups in total. The molecule has 0 unspecified atom stereocenters. The van der Waals surface area contributed by atoms with E-state index in [0.29, 0.717) is 5.82 Å². The van der Waals surface area contributed by atoms with Gasteiger partial charge in [-0.1, -0.05) is 19.1 Å². The average molecular weight is 320 g/mol. The molecule has 6 nitrogen and oxygen atoms in total. The molecule has 0 saturated heterocycles. The fraction of sp³-hybridized carbons (Fsp3) is 0.333. The van der Waals surface area contributed by atoms with Gasteiger partial charge in [-0.05, 0) is 30.2 Å². The lowest BCUT2D eigenvalue weighted by Gasteiger charge is -2.12. The number of aryl methyl sites for hydroxylation is 1. The van der Waals surface area contributed by atoms with Gasteiger partial charge >= 0.3 is 0 Å². The van der Waals surface area contributed by atoms with Gasteiger partial charge in [0, 0.05) is 20.3 Å². The van der Waals surface area contributed by atoms with Crippen LogP contribution in [0.4, 0.5) is 5.82 Å². The zero-order valence-electron chi connectivity index (χ0n) is 12.9. The number of anilines is 1. The van der Waals surface area contributed by atoms with Crippen LogP contribution in [0.15, 0.2) is 41.4 Å². The Morgan fingerprint density at radius 2 is 1.82 bits per heavy atom. The second-order valence-corrected chi connectivity index (χ2v) is 6.81. The highest BCUT2D eigenvalue weighted by molar-refractivity contribution is 7.89. The number of rotatable bonds is 6. The van der Waals surface area contributed by atoms with Crippen molar-refractivity contribution in [2.45, 2.75) is 24.8 Å². The zero-order valence-corrected chi connectivity index (χ0v) is 13.8. The van der Waals surface area contributed by atoms with Gasteiger partial charge in [-0.15, -0.1) is 0 Å². The minimum atomic E-state index is -3.56. The van der Waals surface area contributed by atoms with E-state index in [4.69, 9.17) is 0 Å². The standard InChI is InChI=1S/C15H20N4O2S/c1-4-12-5-7-13(8-6-12)22(20,21)17-11-14-16-10-9-15(18-14)19(2)3/h5-10,17H,4,11H2,1-3H3. The van der Waals surface area contributed by atoms with Crippen molar-refractivity contribution in [3.05, 3.63) is 47.9 Å². The molecule has 0 aliphatic carbocycles. The summed E-state index contributed by atoms with van der Waals surface area (Å²) in [6.45, 7) is 2.08. The van der Waals surface area contributed by atoms with Crippen LogP contribution in [-0.2, 0) is 23.0 Å². The summed E-state index contributed by atoms with van der Waals surface area (Å²) in [6, 6.07) is 8.62. The Morgan fingerprint density at radius 3 is 2.41 bits per heavy atom. The summed E-state index contributed by atoms with van der Waals surface area (Å²) < 4.78 is 27.0. The van der Waals surface area contributed by atoms with Crippen LogP contribution < -0.4 is 9.62 Å². The van der Waals surface area contributed by atoms with Crippen molar-refractivity contribution in [1.29, 1.82) is 0 Å². The lowest BCUT2D eigenvalue weighted by Crippen LogP contribution is -2.24. The van der Waals surface area contributed by atoms with E-state index >= 15 is 0 Å². The largest absolute Gasteiger partial charge is 0.363 e. The Balaban J connectivity index is 2.10. The van der Waals surface area contributed by atoms with Crippen molar-refractivity contribution in [3.63, 3.8) is 0 Å². The quantitative estimate of drug-likeness (QED) is 0.874. The second-order valence-electron chi connectivity index (χ2n) is 5.05. The summed E-state index contributed by atoms with van der Waals surface area (Å²) in [7, 11) is 0.173. The SMILES string of the molecule is CCc1ccc(S(=O)(=O)NCc2nccc(N(C)C)n2)cc1. The maximum atomic E-state index is 12.2. The minimum absolute atomic E-state index is 0.0551. The first-order chi connectivity index (χ1) is 10.4. The summed E-state index contributed by atoms with van der Waals surface area (Å²) in [6.07, 6.45) is 2.49. The lowest BCUT2D eigenvalue weighted by molar-refractivity contribution is 0.579. The van der Waals surface area contributed by atoms with Gasteiger partial charge in [0.2, 0.25) is 10.0 Å². The fourth-order valence-corrected chi connectivity index (χ4v) is 2.85. The Labute approximate surface area is 131 Å².